The Kier molecular flexibility index (Phi) is 1.48. The predicted octanol–water partition coefficient (Wildman–Crippen LogP) is 0.462. The average molecular weight is 125 g/mol. The number of anilines is 1. The van der Waals surface area contributed by atoms with Crippen molar-refractivity contribution in [3.63, 3.8) is 0 Å². The maximum absolute atomic E-state index is 9.66. The number of nitrogens with one attached hydrogen (secondary N) is 1. The van der Waals surface area contributed by atoms with Gasteiger partial charge < -0.3 is 4.52 Å². The van der Waals surface area contributed by atoms with Gasteiger partial charge in [-0.05, 0) is 6.92 Å². The van der Waals surface area contributed by atoms with Crippen molar-refractivity contribution >= 4 is 12.3 Å². The lowest BCUT2D eigenvalue weighted by Gasteiger charge is -1.80. The molecular formula is C5H5N2O2. The third-order valence-corrected chi connectivity index (χ3v) is 0.802. The summed E-state index contributed by atoms with van der Waals surface area (Å²) < 4.78 is 4.58. The molecule has 47 valence electrons. The number of hydrogen-bond donors (Lipinski definition) is 1. The molecule has 1 heterocycles. The molecule has 0 aliphatic carbocycles. The van der Waals surface area contributed by atoms with Crippen molar-refractivity contribution < 1.29 is 9.32 Å². The van der Waals surface area contributed by atoms with Gasteiger partial charge in [-0.2, -0.15) is 0 Å². The Morgan fingerprint density at radius 1 is 1.89 bits per heavy atom. The van der Waals surface area contributed by atoms with Gasteiger partial charge in [0.05, 0.1) is 5.69 Å². The molecule has 0 saturated heterocycles. The van der Waals surface area contributed by atoms with Crippen LogP contribution in [0.3, 0.4) is 0 Å². The van der Waals surface area contributed by atoms with E-state index in [-0.39, 0.29) is 0 Å². The summed E-state index contributed by atoms with van der Waals surface area (Å²) in [5, 5.41) is 5.71. The van der Waals surface area contributed by atoms with E-state index in [1.807, 2.05) is 0 Å². The van der Waals surface area contributed by atoms with E-state index in [0.29, 0.717) is 5.88 Å². The molecule has 0 aliphatic rings. The molecular weight excluding hydrogens is 120 g/mol. The van der Waals surface area contributed by atoms with Crippen molar-refractivity contribution in [3.8, 4) is 0 Å². The van der Waals surface area contributed by atoms with Crippen LogP contribution in [0.4, 0.5) is 5.88 Å². The molecule has 1 radical (unpaired) electrons. The van der Waals surface area contributed by atoms with Gasteiger partial charge in [0.25, 0.3) is 0 Å². The number of aryl methyl sites for hydroxylation is 1. The van der Waals surface area contributed by atoms with Gasteiger partial charge in [-0.3, -0.25) is 10.1 Å². The lowest BCUT2D eigenvalue weighted by Crippen LogP contribution is -1.89. The van der Waals surface area contributed by atoms with Crippen LogP contribution >= 0.6 is 0 Å². The molecule has 1 amide bonds. The van der Waals surface area contributed by atoms with Crippen LogP contribution in [0.5, 0.6) is 0 Å². The quantitative estimate of drug-likeness (QED) is 0.584. The number of hydrogen-bond acceptors (Lipinski definition) is 3. The molecule has 0 aromatic carbocycles. The van der Waals surface area contributed by atoms with Gasteiger partial charge >= 0.3 is 6.41 Å². The molecule has 0 saturated carbocycles. The van der Waals surface area contributed by atoms with Gasteiger partial charge in [-0.25, -0.2) is 0 Å². The third kappa shape index (κ3) is 1.28. The van der Waals surface area contributed by atoms with Gasteiger partial charge in [-0.1, -0.05) is 5.16 Å². The molecule has 0 atom stereocenters. The van der Waals surface area contributed by atoms with Crippen LogP contribution in [0.2, 0.25) is 0 Å². The lowest BCUT2D eigenvalue weighted by atomic mass is 10.5. The highest BCUT2D eigenvalue weighted by Crippen LogP contribution is 2.05. The fourth-order valence-electron chi connectivity index (χ4n) is 0.473. The molecule has 1 aromatic rings. The van der Waals surface area contributed by atoms with E-state index < -0.39 is 0 Å². The summed E-state index contributed by atoms with van der Waals surface area (Å²) in [5.41, 5.74) is 0.729. The van der Waals surface area contributed by atoms with Crippen LogP contribution in [0, 0.1) is 6.92 Å². The molecule has 1 rings (SSSR count). The first-order chi connectivity index (χ1) is 4.33. The normalized spacial score (nSPS) is 9.00. The minimum Gasteiger partial charge on any atom is -0.338 e. The Morgan fingerprint density at radius 3 is 3.11 bits per heavy atom. The summed E-state index contributed by atoms with van der Waals surface area (Å²) >= 11 is 0. The smallest absolute Gasteiger partial charge is 0.316 e. The van der Waals surface area contributed by atoms with Gasteiger partial charge in [0.1, 0.15) is 0 Å². The molecule has 4 heteroatoms. The summed E-state index contributed by atoms with van der Waals surface area (Å²) in [4.78, 5) is 9.66. The van der Waals surface area contributed by atoms with Crippen molar-refractivity contribution in [2.45, 2.75) is 6.92 Å². The van der Waals surface area contributed by atoms with E-state index in [4.69, 9.17) is 0 Å². The average Bonchev–Trinajstić information content (AvgIpc) is 2.17. The number of aromatic nitrogens is 1. The molecule has 0 fully saturated rings. The third-order valence-electron chi connectivity index (χ3n) is 0.802. The number of nitrogens with zero attached hydrogens (tertiary/aromatic N) is 1. The van der Waals surface area contributed by atoms with E-state index in [2.05, 4.69) is 15.0 Å². The van der Waals surface area contributed by atoms with Gasteiger partial charge in [0, 0.05) is 6.07 Å². The zero-order valence-electron chi connectivity index (χ0n) is 4.84. The number of rotatable bonds is 2. The second kappa shape index (κ2) is 2.30. The fourth-order valence-corrected chi connectivity index (χ4v) is 0.473. The Hall–Kier alpha value is -1.32. The first kappa shape index (κ1) is 5.81. The van der Waals surface area contributed by atoms with Crippen LogP contribution in [-0.2, 0) is 4.79 Å². The second-order valence-corrected chi connectivity index (χ2v) is 1.56. The van der Waals surface area contributed by atoms with E-state index in [1.165, 1.54) is 6.41 Å². The van der Waals surface area contributed by atoms with Crippen LogP contribution in [0.25, 0.3) is 0 Å². The molecule has 0 aliphatic heterocycles. The van der Waals surface area contributed by atoms with Gasteiger partial charge in [-0.15, -0.1) is 0 Å². The highest BCUT2D eigenvalue weighted by molar-refractivity contribution is 5.68. The minimum atomic E-state index is 0.322. The zero-order chi connectivity index (χ0) is 6.69. The summed E-state index contributed by atoms with van der Waals surface area (Å²) in [5.74, 6) is 0.322. The molecule has 1 N–H and O–H groups in total. The molecule has 1 aromatic heterocycles. The molecule has 0 unspecified atom stereocenters. The minimum absolute atomic E-state index is 0.322. The number of amides is 1. The first-order valence-corrected chi connectivity index (χ1v) is 2.39. The fraction of sp³-hybridized carbons (Fsp3) is 0.200. The Bertz CT molecular complexity index is 206. The van der Waals surface area contributed by atoms with Crippen molar-refractivity contribution in [1.82, 2.24) is 5.16 Å². The predicted molar refractivity (Wildman–Crippen MR) is 30.6 cm³/mol. The van der Waals surface area contributed by atoms with E-state index in [1.54, 1.807) is 13.0 Å². The van der Waals surface area contributed by atoms with E-state index >= 15 is 0 Å². The summed E-state index contributed by atoms with van der Waals surface area (Å²) in [6.45, 7) is 1.76. The van der Waals surface area contributed by atoms with Crippen LogP contribution in [-0.4, -0.2) is 11.6 Å². The first-order valence-electron chi connectivity index (χ1n) is 2.39. The van der Waals surface area contributed by atoms with Crippen molar-refractivity contribution in [2.24, 2.45) is 0 Å². The maximum atomic E-state index is 9.66. The summed E-state index contributed by atoms with van der Waals surface area (Å²) in [6, 6.07) is 1.60. The van der Waals surface area contributed by atoms with Gasteiger partial charge in [0.15, 0.2) is 0 Å². The Labute approximate surface area is 51.8 Å². The largest absolute Gasteiger partial charge is 0.338 e. The van der Waals surface area contributed by atoms with Crippen LogP contribution in [0.15, 0.2) is 10.6 Å². The molecule has 0 bridgehead atoms. The Balaban J connectivity index is 2.72. The Morgan fingerprint density at radius 2 is 2.67 bits per heavy atom. The molecule has 4 nitrogen and oxygen atoms in total. The second-order valence-electron chi connectivity index (χ2n) is 1.56. The number of carbonyl (C=O) groups excluding carboxylic acids is 1. The maximum Gasteiger partial charge on any atom is 0.316 e. The molecule has 9 heavy (non-hydrogen) atoms. The summed E-state index contributed by atoms with van der Waals surface area (Å²) in [7, 11) is 0. The standard InChI is InChI=1S/C5H5N2O2/c1-4-2-5(6-3-8)9-7-4/h2H,1H3,(H,6,8). The van der Waals surface area contributed by atoms with E-state index in [9.17, 15) is 4.79 Å². The van der Waals surface area contributed by atoms with Gasteiger partial charge in [0.2, 0.25) is 5.88 Å². The topological polar surface area (TPSA) is 55.1 Å². The lowest BCUT2D eigenvalue weighted by molar-refractivity contribution is 0.429. The highest BCUT2D eigenvalue weighted by Gasteiger charge is 1.95. The van der Waals surface area contributed by atoms with Crippen LogP contribution in [0.1, 0.15) is 5.69 Å². The van der Waals surface area contributed by atoms with Crippen molar-refractivity contribution in [2.75, 3.05) is 5.32 Å². The highest BCUT2D eigenvalue weighted by atomic mass is 16.5. The van der Waals surface area contributed by atoms with Crippen molar-refractivity contribution in [1.29, 1.82) is 0 Å². The zero-order valence-corrected chi connectivity index (χ0v) is 4.84. The summed E-state index contributed by atoms with van der Waals surface area (Å²) in [6.07, 6.45) is 1.46. The molecule has 0 spiro atoms. The monoisotopic (exact) mass is 125 g/mol. The van der Waals surface area contributed by atoms with E-state index in [0.717, 1.165) is 5.69 Å². The SMILES string of the molecule is Cc1cc(N[C]=O)on1. The van der Waals surface area contributed by atoms with Crippen LogP contribution < -0.4 is 5.32 Å². The van der Waals surface area contributed by atoms with Crippen molar-refractivity contribution in [3.05, 3.63) is 11.8 Å².